The molecule has 4 heterocycles. The molecular formula is C54H62Cl2N6O10S3. The van der Waals surface area contributed by atoms with Crippen molar-refractivity contribution in [3.63, 3.8) is 0 Å². The highest BCUT2D eigenvalue weighted by Gasteiger charge is 2.34. The minimum absolute atomic E-state index is 0.137. The van der Waals surface area contributed by atoms with Crippen LogP contribution in [0.5, 0.6) is 17.2 Å². The number of rotatable bonds is 15. The molecule has 0 saturated carbocycles. The summed E-state index contributed by atoms with van der Waals surface area (Å²) in [7, 11) is 3.02. The topological polar surface area (TPSA) is 207 Å². The number of carbonyl (C=O) groups excluding carboxylic acids is 4. The number of nitrogens with one attached hydrogen (secondary N) is 4. The molecule has 3 aromatic carbocycles. The van der Waals surface area contributed by atoms with Gasteiger partial charge >= 0.3 is 12.1 Å². The minimum Gasteiger partial charge on any atom is -0.493 e. The van der Waals surface area contributed by atoms with Crippen LogP contribution in [0.4, 0.5) is 20.3 Å². The number of hydrogen-bond donors (Lipinski definition) is 5. The summed E-state index contributed by atoms with van der Waals surface area (Å²) >= 11 is 19.6. The van der Waals surface area contributed by atoms with E-state index >= 15 is 0 Å². The number of hydrogen-bond acceptors (Lipinski definition) is 13. The molecule has 2 saturated heterocycles. The van der Waals surface area contributed by atoms with E-state index in [1.165, 1.54) is 31.1 Å². The Hall–Kier alpha value is -6.12. The van der Waals surface area contributed by atoms with Gasteiger partial charge in [-0.1, -0.05) is 73.9 Å². The molecular weight excluding hydrogens is 1060 g/mol. The zero-order valence-corrected chi connectivity index (χ0v) is 46.6. The van der Waals surface area contributed by atoms with E-state index in [1.807, 2.05) is 36.5 Å². The first-order valence-electron chi connectivity index (χ1n) is 24.4. The van der Waals surface area contributed by atoms with Gasteiger partial charge in [-0.15, -0.1) is 11.3 Å². The molecule has 4 amide bonds. The van der Waals surface area contributed by atoms with Gasteiger partial charge < -0.3 is 44.9 Å². The second-order valence-corrected chi connectivity index (χ2v) is 22.0. The van der Waals surface area contributed by atoms with Gasteiger partial charge in [0.05, 0.1) is 38.2 Å². The van der Waals surface area contributed by atoms with E-state index in [4.69, 9.17) is 54.4 Å². The first-order valence-corrected chi connectivity index (χ1v) is 27.3. The van der Waals surface area contributed by atoms with Gasteiger partial charge in [0.15, 0.2) is 16.6 Å². The number of thiophene rings is 1. The van der Waals surface area contributed by atoms with Crippen LogP contribution in [0, 0.1) is 5.41 Å². The van der Waals surface area contributed by atoms with Gasteiger partial charge in [0.1, 0.15) is 10.8 Å². The number of carbonyl (C=O) groups is 5. The van der Waals surface area contributed by atoms with Crippen molar-refractivity contribution in [2.45, 2.75) is 90.4 Å². The number of piperidine rings is 1. The highest BCUT2D eigenvalue weighted by Crippen LogP contribution is 2.44. The van der Waals surface area contributed by atoms with E-state index in [-0.39, 0.29) is 45.4 Å². The zero-order valence-electron chi connectivity index (χ0n) is 42.6. The van der Waals surface area contributed by atoms with Crippen molar-refractivity contribution in [1.82, 2.24) is 20.5 Å². The molecule has 0 spiro atoms. The van der Waals surface area contributed by atoms with Gasteiger partial charge in [-0.25, -0.2) is 9.59 Å². The third kappa shape index (κ3) is 17.2. The van der Waals surface area contributed by atoms with Crippen molar-refractivity contribution in [3.05, 3.63) is 127 Å². The lowest BCUT2D eigenvalue weighted by Gasteiger charge is -2.32. The molecule has 400 valence electrons. The molecule has 0 radical (unpaired) electrons. The Balaban J connectivity index is 0.000000184. The molecule has 75 heavy (non-hydrogen) atoms. The summed E-state index contributed by atoms with van der Waals surface area (Å²) in [5.41, 5.74) is 5.58. The summed E-state index contributed by atoms with van der Waals surface area (Å²) in [6, 6.07) is 22.0. The molecule has 0 bridgehead atoms. The Labute approximate surface area is 460 Å². The van der Waals surface area contributed by atoms with Gasteiger partial charge in [-0.05, 0) is 141 Å². The van der Waals surface area contributed by atoms with E-state index in [0.717, 1.165) is 83.4 Å². The van der Waals surface area contributed by atoms with Crippen molar-refractivity contribution in [2.24, 2.45) is 5.41 Å². The summed E-state index contributed by atoms with van der Waals surface area (Å²) in [4.78, 5) is 66.1. The van der Waals surface area contributed by atoms with Crippen molar-refractivity contribution < 1.29 is 48.0 Å². The molecule has 8 rings (SSSR count). The largest absolute Gasteiger partial charge is 0.493 e. The van der Waals surface area contributed by atoms with E-state index in [9.17, 15) is 29.1 Å². The first-order chi connectivity index (χ1) is 35.9. The number of thiocarbonyl (C=S) groups is 1. The number of carboxylic acids is 1. The second kappa shape index (κ2) is 27.6. The highest BCUT2D eigenvalue weighted by molar-refractivity contribution is 8.15. The van der Waals surface area contributed by atoms with Crippen LogP contribution >= 0.6 is 58.5 Å². The number of amides is 4. The number of halogens is 2. The molecule has 2 aromatic heterocycles. The van der Waals surface area contributed by atoms with Crippen LogP contribution in [0.25, 0.3) is 0 Å². The molecule has 21 heteroatoms. The smallest absolute Gasteiger partial charge is 0.409 e. The third-order valence-electron chi connectivity index (χ3n) is 12.4. The van der Waals surface area contributed by atoms with Crippen LogP contribution < -0.4 is 35.5 Å². The average Bonchev–Trinajstić information content (AvgIpc) is 3.89. The van der Waals surface area contributed by atoms with Crippen LogP contribution in [-0.4, -0.2) is 101 Å². The molecule has 1 unspecified atom stereocenters. The van der Waals surface area contributed by atoms with Crippen molar-refractivity contribution in [1.29, 1.82) is 0 Å². The number of aryl methyl sites for hydroxylation is 1. The molecule has 5 aromatic rings. The van der Waals surface area contributed by atoms with Gasteiger partial charge in [-0.3, -0.25) is 24.7 Å². The Morgan fingerprint density at radius 2 is 1.61 bits per heavy atom. The first kappa shape index (κ1) is 58.1. The van der Waals surface area contributed by atoms with Crippen molar-refractivity contribution in [3.8, 4) is 17.2 Å². The van der Waals surface area contributed by atoms with Gasteiger partial charge in [0, 0.05) is 63.6 Å². The number of nitrogens with zero attached hydrogens (tertiary/aromatic N) is 2. The van der Waals surface area contributed by atoms with Gasteiger partial charge in [0.25, 0.3) is 11.1 Å². The predicted molar refractivity (Wildman–Crippen MR) is 300 cm³/mol. The van der Waals surface area contributed by atoms with E-state index in [2.05, 4.69) is 53.1 Å². The summed E-state index contributed by atoms with van der Waals surface area (Å²) in [5.74, 6) is 0.154. The normalized spacial score (nSPS) is 15.6. The summed E-state index contributed by atoms with van der Waals surface area (Å²) in [5, 5.41) is 22.5. The minimum atomic E-state index is -1.00. The van der Waals surface area contributed by atoms with Gasteiger partial charge in [-0.2, -0.15) is 0 Å². The predicted octanol–water partition coefficient (Wildman–Crippen LogP) is 11.3. The number of methoxy groups -OCH3 is 2. The van der Waals surface area contributed by atoms with Crippen LogP contribution in [0.15, 0.2) is 79.0 Å². The fraction of sp³-hybridized carbons (Fsp3) is 0.389. The Morgan fingerprint density at radius 3 is 2.21 bits per heavy atom. The van der Waals surface area contributed by atoms with Crippen LogP contribution in [0.1, 0.15) is 94.9 Å². The number of anilines is 2. The Bertz CT molecular complexity index is 2800. The number of aromatic carboxylic acids is 1. The maximum atomic E-state index is 12.7. The van der Waals surface area contributed by atoms with E-state index in [1.54, 1.807) is 48.2 Å². The lowest BCUT2D eigenvalue weighted by Crippen LogP contribution is -2.47. The quantitative estimate of drug-likeness (QED) is 0.0618. The van der Waals surface area contributed by atoms with Crippen LogP contribution in [0.2, 0.25) is 10.0 Å². The molecule has 1 aliphatic carbocycles. The van der Waals surface area contributed by atoms with Crippen molar-refractivity contribution >= 4 is 103 Å². The van der Waals surface area contributed by atoms with E-state index in [0.29, 0.717) is 76.4 Å². The number of imide groups is 1. The molecule has 2 fully saturated rings. The third-order valence-corrected chi connectivity index (χ3v) is 15.2. The average molecular weight is 1120 g/mol. The summed E-state index contributed by atoms with van der Waals surface area (Å²) < 4.78 is 21.2. The molecule has 5 N–H and O–H groups in total. The Morgan fingerprint density at radius 1 is 0.920 bits per heavy atom. The maximum Gasteiger partial charge on any atom is 0.409 e. The standard InChI is InChI=1S/C20H23NO5S.C19H20N2O3S.C15H19Cl2N3O2S/c1-20(2)8-7-12-15(10-20)27-18(16(12)19(23)24)21-17(22)11-5-6-13(25-3)14(9-11)26-4;1-2-13-3-6-15(20-12-13)9-10-24-16-7-4-14(5-8-16)11-17-18(22)21-19(23)25-17;1-2-22-15(21)20-5-3-12(4-6-20)18-14(23)19-13-8-10(16)7-11(17)9-13/h5-6,9H,7-8,10H2,1-4H3,(H,21,22)(H,23,24);3-8,12,17H,2,9-11H2,1H3,(H,21,22,23);7-9,12H,2-6H2,1H3,(H2,18,19,23). The molecule has 1 atom stereocenters. The van der Waals surface area contributed by atoms with E-state index < -0.39 is 5.97 Å². The lowest BCUT2D eigenvalue weighted by molar-refractivity contribution is -0.118. The molecule has 3 aliphatic rings. The highest BCUT2D eigenvalue weighted by atomic mass is 35.5. The summed E-state index contributed by atoms with van der Waals surface area (Å²) in [6.45, 7) is 10.5. The number of ether oxygens (including phenoxy) is 4. The number of likely N-dealkylation sites (tertiary alicyclic amines) is 1. The number of carboxylic acid groups (broad SMARTS) is 1. The zero-order chi connectivity index (χ0) is 54.2. The lowest BCUT2D eigenvalue weighted by atomic mass is 9.77. The number of fused-ring (bicyclic) bond motifs is 1. The van der Waals surface area contributed by atoms with Crippen LogP contribution in [0.3, 0.4) is 0 Å². The maximum absolute atomic E-state index is 12.7. The summed E-state index contributed by atoms with van der Waals surface area (Å²) in [6.07, 6.45) is 8.04. The fourth-order valence-corrected chi connectivity index (χ4v) is 11.5. The molecule has 16 nitrogen and oxygen atoms in total. The van der Waals surface area contributed by atoms with Crippen molar-refractivity contribution in [2.75, 3.05) is 51.2 Å². The van der Waals surface area contributed by atoms with Gasteiger partial charge in [0.2, 0.25) is 5.91 Å². The number of aromatic nitrogens is 1. The van der Waals surface area contributed by atoms with Crippen LogP contribution in [-0.2, 0) is 41.6 Å². The number of pyridine rings is 1. The monoisotopic (exact) mass is 1120 g/mol. The number of benzene rings is 3. The molecule has 2 aliphatic heterocycles. The SMILES string of the molecule is CCOC(=O)N1CCC(NC(=S)Nc2cc(Cl)cc(Cl)c2)CC1.CCc1ccc(CCOc2ccc(CC3SC(=O)NC3=O)cc2)nc1.COc1ccc(C(=O)Nc2sc3c(c2C(=O)O)CCC(C)(C)C3)cc1OC. The number of thioether (sulfide) groups is 1. The fourth-order valence-electron chi connectivity index (χ4n) is 8.32. The second-order valence-electron chi connectivity index (χ2n) is 18.4. The Kier molecular flexibility index (Phi) is 21.4.